The second-order valence-corrected chi connectivity index (χ2v) is 8.66. The highest BCUT2D eigenvalue weighted by Gasteiger charge is 2.48. The maximum atomic E-state index is 13.1. The predicted molar refractivity (Wildman–Crippen MR) is 117 cm³/mol. The molecular weight excluding hydrogens is 398 g/mol. The van der Waals surface area contributed by atoms with Crippen LogP contribution in [-0.2, 0) is 9.59 Å². The van der Waals surface area contributed by atoms with E-state index in [9.17, 15) is 14.7 Å². The molecule has 1 aromatic heterocycles. The summed E-state index contributed by atoms with van der Waals surface area (Å²) in [5, 5.41) is 20.3. The third-order valence-corrected chi connectivity index (χ3v) is 6.05. The number of aliphatic hydroxyl groups is 1. The zero-order valence-corrected chi connectivity index (χ0v) is 17.9. The summed E-state index contributed by atoms with van der Waals surface area (Å²) in [5.41, 5.74) is 4.14. The van der Waals surface area contributed by atoms with Crippen LogP contribution in [0.25, 0.3) is 5.76 Å². The van der Waals surface area contributed by atoms with Gasteiger partial charge >= 0.3 is 5.91 Å². The molecule has 1 amide bonds. The number of aryl methyl sites for hydroxylation is 4. The van der Waals surface area contributed by atoms with Crippen LogP contribution in [0, 0.1) is 27.7 Å². The van der Waals surface area contributed by atoms with E-state index in [4.69, 9.17) is 0 Å². The average molecular weight is 420 g/mol. The summed E-state index contributed by atoms with van der Waals surface area (Å²) < 4.78 is 0. The van der Waals surface area contributed by atoms with Gasteiger partial charge in [-0.05, 0) is 44.9 Å². The third-order valence-electron chi connectivity index (χ3n) is 5.21. The van der Waals surface area contributed by atoms with Crippen LogP contribution in [0.3, 0.4) is 0 Å². The van der Waals surface area contributed by atoms with Gasteiger partial charge in [0.2, 0.25) is 5.13 Å². The van der Waals surface area contributed by atoms with Crippen molar-refractivity contribution in [1.29, 1.82) is 0 Å². The third kappa shape index (κ3) is 3.31. The van der Waals surface area contributed by atoms with Crippen molar-refractivity contribution in [2.45, 2.75) is 33.7 Å². The zero-order chi connectivity index (χ0) is 21.6. The lowest BCUT2D eigenvalue weighted by atomic mass is 9.93. The maximum absolute atomic E-state index is 13.1. The van der Waals surface area contributed by atoms with Crippen molar-refractivity contribution >= 4 is 33.9 Å². The number of rotatable bonds is 3. The van der Waals surface area contributed by atoms with Gasteiger partial charge in [-0.3, -0.25) is 14.5 Å². The van der Waals surface area contributed by atoms with Crippen LogP contribution < -0.4 is 4.90 Å². The topological polar surface area (TPSA) is 83.4 Å². The number of hydrogen-bond acceptors (Lipinski definition) is 6. The highest BCUT2D eigenvalue weighted by Crippen LogP contribution is 2.43. The molecule has 1 N–H and O–H groups in total. The number of nitrogens with zero attached hydrogens (tertiary/aromatic N) is 3. The Hall–Kier alpha value is -3.32. The lowest BCUT2D eigenvalue weighted by Gasteiger charge is -2.23. The first-order valence-corrected chi connectivity index (χ1v) is 10.3. The van der Waals surface area contributed by atoms with Crippen LogP contribution in [0.15, 0.2) is 48.0 Å². The highest BCUT2D eigenvalue weighted by molar-refractivity contribution is 7.15. The molecule has 4 rings (SSSR count). The van der Waals surface area contributed by atoms with Gasteiger partial charge in [0, 0.05) is 5.56 Å². The summed E-state index contributed by atoms with van der Waals surface area (Å²) in [4.78, 5) is 27.5. The van der Waals surface area contributed by atoms with Crippen LogP contribution in [0.2, 0.25) is 0 Å². The second-order valence-electron chi connectivity index (χ2n) is 7.50. The predicted octanol–water partition coefficient (Wildman–Crippen LogP) is 4.40. The van der Waals surface area contributed by atoms with E-state index in [1.807, 2.05) is 63.2 Å². The van der Waals surface area contributed by atoms with Crippen LogP contribution in [0.1, 0.15) is 38.9 Å². The quantitative estimate of drug-likeness (QED) is 0.387. The molecule has 1 fully saturated rings. The van der Waals surface area contributed by atoms with Crippen LogP contribution in [0.4, 0.5) is 5.13 Å². The van der Waals surface area contributed by atoms with E-state index in [-0.39, 0.29) is 11.3 Å². The largest absolute Gasteiger partial charge is 0.507 e. The van der Waals surface area contributed by atoms with Gasteiger partial charge in [0.15, 0.2) is 0 Å². The maximum Gasteiger partial charge on any atom is 0.301 e. The van der Waals surface area contributed by atoms with E-state index in [0.29, 0.717) is 15.7 Å². The zero-order valence-electron chi connectivity index (χ0n) is 17.1. The van der Waals surface area contributed by atoms with Crippen molar-refractivity contribution in [3.05, 3.63) is 80.9 Å². The van der Waals surface area contributed by atoms with Crippen molar-refractivity contribution in [1.82, 2.24) is 10.2 Å². The number of ketones is 1. The molecule has 1 saturated heterocycles. The number of benzene rings is 2. The highest BCUT2D eigenvalue weighted by atomic mass is 32.1. The molecule has 1 atom stereocenters. The van der Waals surface area contributed by atoms with Crippen molar-refractivity contribution < 1.29 is 14.7 Å². The number of aliphatic hydroxyl groups excluding tert-OH is 1. The Kier molecular flexibility index (Phi) is 4.99. The lowest BCUT2D eigenvalue weighted by Crippen LogP contribution is -2.29. The molecule has 30 heavy (non-hydrogen) atoms. The molecule has 3 aromatic rings. The van der Waals surface area contributed by atoms with Crippen LogP contribution in [0.5, 0.6) is 0 Å². The molecule has 2 aromatic carbocycles. The monoisotopic (exact) mass is 419 g/mol. The molecule has 0 spiro atoms. The normalized spacial score (nSPS) is 18.3. The molecule has 0 radical (unpaired) electrons. The minimum atomic E-state index is -0.780. The second kappa shape index (κ2) is 7.50. The standard InChI is InChI=1S/C23H21N3O3S/c1-12-6-9-16(10-7-12)19-18(20(27)17-11-13(2)5-8-14(17)3)21(28)22(29)26(19)23-25-24-15(4)30-23/h5-11,19,27H,1-4H3/b20-18+. The number of hydrogen-bond donors (Lipinski definition) is 1. The molecule has 1 unspecified atom stereocenters. The van der Waals surface area contributed by atoms with E-state index in [2.05, 4.69) is 10.2 Å². The van der Waals surface area contributed by atoms with Crippen molar-refractivity contribution in [3.8, 4) is 0 Å². The molecule has 152 valence electrons. The smallest absolute Gasteiger partial charge is 0.301 e. The van der Waals surface area contributed by atoms with Crippen LogP contribution >= 0.6 is 11.3 Å². The summed E-state index contributed by atoms with van der Waals surface area (Å²) in [6, 6.07) is 12.4. The van der Waals surface area contributed by atoms with Gasteiger partial charge in [0.1, 0.15) is 10.8 Å². The summed E-state index contributed by atoms with van der Waals surface area (Å²) >= 11 is 1.23. The van der Waals surface area contributed by atoms with E-state index in [1.165, 1.54) is 16.2 Å². The molecule has 0 saturated carbocycles. The van der Waals surface area contributed by atoms with Gasteiger partial charge in [-0.25, -0.2) is 0 Å². The molecule has 1 aliphatic heterocycles. The number of anilines is 1. The van der Waals surface area contributed by atoms with Crippen LogP contribution in [-0.4, -0.2) is 27.0 Å². The summed E-state index contributed by atoms with van der Waals surface area (Å²) in [7, 11) is 0. The molecule has 7 heteroatoms. The van der Waals surface area contributed by atoms with E-state index < -0.39 is 17.7 Å². The van der Waals surface area contributed by atoms with Gasteiger partial charge in [-0.2, -0.15) is 0 Å². The molecule has 1 aliphatic rings. The fraction of sp³-hybridized carbons (Fsp3) is 0.217. The average Bonchev–Trinajstić information content (AvgIpc) is 3.25. The summed E-state index contributed by atoms with van der Waals surface area (Å²) in [6.07, 6.45) is 0. The van der Waals surface area contributed by atoms with Gasteiger partial charge in [-0.1, -0.05) is 58.9 Å². The number of carbonyl (C=O) groups is 2. The molecule has 2 heterocycles. The fourth-order valence-electron chi connectivity index (χ4n) is 3.61. The Morgan fingerprint density at radius 3 is 2.27 bits per heavy atom. The Morgan fingerprint density at radius 1 is 0.967 bits per heavy atom. The molecule has 0 bridgehead atoms. The van der Waals surface area contributed by atoms with Gasteiger partial charge in [0.05, 0.1) is 11.6 Å². The van der Waals surface area contributed by atoms with Crippen molar-refractivity contribution in [2.75, 3.05) is 4.90 Å². The Morgan fingerprint density at radius 2 is 1.63 bits per heavy atom. The summed E-state index contributed by atoms with van der Waals surface area (Å²) in [6.45, 7) is 7.52. The van der Waals surface area contributed by atoms with Gasteiger partial charge < -0.3 is 5.11 Å². The summed E-state index contributed by atoms with van der Waals surface area (Å²) in [5.74, 6) is -1.63. The minimum absolute atomic E-state index is 0.0606. The Balaban J connectivity index is 1.97. The Bertz CT molecular complexity index is 1190. The van der Waals surface area contributed by atoms with Crippen molar-refractivity contribution in [3.63, 3.8) is 0 Å². The SMILES string of the molecule is Cc1ccc(C2/C(=C(\O)c3cc(C)ccc3C)C(=O)C(=O)N2c2nnc(C)s2)cc1. The number of carbonyl (C=O) groups excluding carboxylic acids is 2. The van der Waals surface area contributed by atoms with Crippen molar-refractivity contribution in [2.24, 2.45) is 0 Å². The minimum Gasteiger partial charge on any atom is -0.507 e. The van der Waals surface area contributed by atoms with E-state index in [1.54, 1.807) is 6.92 Å². The van der Waals surface area contributed by atoms with E-state index in [0.717, 1.165) is 22.3 Å². The van der Waals surface area contributed by atoms with Gasteiger partial charge in [0.25, 0.3) is 5.78 Å². The first-order valence-electron chi connectivity index (χ1n) is 9.53. The number of amides is 1. The molecular formula is C23H21N3O3S. The first kappa shape index (κ1) is 20.0. The molecule has 0 aliphatic carbocycles. The van der Waals surface area contributed by atoms with E-state index >= 15 is 0 Å². The van der Waals surface area contributed by atoms with Gasteiger partial charge in [-0.15, -0.1) is 10.2 Å². The fourth-order valence-corrected chi connectivity index (χ4v) is 4.33. The Labute approximate surface area is 178 Å². The molecule has 6 nitrogen and oxygen atoms in total. The number of Topliss-reactive ketones (excluding diaryl/α,β-unsaturated/α-hetero) is 1. The lowest BCUT2D eigenvalue weighted by molar-refractivity contribution is -0.132. The number of aromatic nitrogens is 2. The first-order chi connectivity index (χ1) is 14.3.